The van der Waals surface area contributed by atoms with Gasteiger partial charge in [-0.3, -0.25) is 0 Å². The van der Waals surface area contributed by atoms with E-state index in [0.717, 1.165) is 35.9 Å². The van der Waals surface area contributed by atoms with E-state index in [-0.39, 0.29) is 6.10 Å². The molecular formula is C21H23N3O2. The van der Waals surface area contributed by atoms with E-state index in [1.54, 1.807) is 13.4 Å². The molecule has 5 nitrogen and oxygen atoms in total. The highest BCUT2D eigenvalue weighted by Crippen LogP contribution is 2.30. The second-order valence-electron chi connectivity index (χ2n) is 6.69. The van der Waals surface area contributed by atoms with Gasteiger partial charge in [0.2, 0.25) is 0 Å². The highest BCUT2D eigenvalue weighted by Gasteiger charge is 2.24. The molecule has 1 aliphatic rings. The van der Waals surface area contributed by atoms with Gasteiger partial charge in [-0.1, -0.05) is 18.2 Å². The van der Waals surface area contributed by atoms with E-state index < -0.39 is 0 Å². The van der Waals surface area contributed by atoms with E-state index in [1.807, 2.05) is 13.0 Å². The summed E-state index contributed by atoms with van der Waals surface area (Å²) in [7, 11) is 1.69. The Bertz CT molecular complexity index is 942. The fourth-order valence-corrected chi connectivity index (χ4v) is 3.46. The van der Waals surface area contributed by atoms with Crippen LogP contribution in [0, 0.1) is 13.8 Å². The Morgan fingerprint density at radius 3 is 2.73 bits per heavy atom. The minimum Gasteiger partial charge on any atom is -0.497 e. The molecule has 5 heteroatoms. The fraction of sp³-hybridized carbons (Fsp3) is 0.333. The molecule has 0 saturated carbocycles. The summed E-state index contributed by atoms with van der Waals surface area (Å²) >= 11 is 0. The molecule has 2 aromatic carbocycles. The summed E-state index contributed by atoms with van der Waals surface area (Å²) in [6.07, 6.45) is 1.68. The maximum Gasteiger partial charge on any atom is 0.135 e. The number of hydrogen-bond donors (Lipinski definition) is 0. The van der Waals surface area contributed by atoms with Crippen LogP contribution in [-0.4, -0.2) is 36.8 Å². The quantitative estimate of drug-likeness (QED) is 0.719. The number of benzene rings is 2. The number of ether oxygens (including phenoxy) is 2. The molecule has 1 fully saturated rings. The topological polar surface area (TPSA) is 47.5 Å². The zero-order chi connectivity index (χ0) is 18.1. The van der Waals surface area contributed by atoms with Crippen molar-refractivity contribution in [3.63, 3.8) is 0 Å². The highest BCUT2D eigenvalue weighted by molar-refractivity contribution is 5.84. The lowest BCUT2D eigenvalue weighted by molar-refractivity contribution is 0.0395. The molecule has 0 amide bonds. The van der Waals surface area contributed by atoms with Crippen molar-refractivity contribution < 1.29 is 9.47 Å². The van der Waals surface area contributed by atoms with Gasteiger partial charge in [0.25, 0.3) is 0 Å². The smallest absolute Gasteiger partial charge is 0.135 e. The maximum atomic E-state index is 6.07. The molecule has 0 N–H and O–H groups in total. The van der Waals surface area contributed by atoms with Gasteiger partial charge in [0.1, 0.15) is 24.0 Å². The molecule has 1 aliphatic heterocycles. The molecule has 0 bridgehead atoms. The van der Waals surface area contributed by atoms with Crippen molar-refractivity contribution in [1.82, 2.24) is 9.97 Å². The Balaban J connectivity index is 1.61. The normalized spacial score (nSPS) is 17.5. The van der Waals surface area contributed by atoms with Gasteiger partial charge in [0.15, 0.2) is 0 Å². The predicted molar refractivity (Wildman–Crippen MR) is 103 cm³/mol. The van der Waals surface area contributed by atoms with Gasteiger partial charge in [0, 0.05) is 24.3 Å². The predicted octanol–water partition coefficient (Wildman–Crippen LogP) is 3.83. The summed E-state index contributed by atoms with van der Waals surface area (Å²) < 4.78 is 11.4. The summed E-state index contributed by atoms with van der Waals surface area (Å²) in [6.45, 7) is 6.43. The first-order valence-electron chi connectivity index (χ1n) is 8.88. The summed E-state index contributed by atoms with van der Waals surface area (Å²) in [4.78, 5) is 11.1. The van der Waals surface area contributed by atoms with Crippen molar-refractivity contribution >= 4 is 16.6 Å². The molecule has 2 heterocycles. The van der Waals surface area contributed by atoms with Crippen LogP contribution in [0.4, 0.5) is 5.82 Å². The Morgan fingerprint density at radius 2 is 1.88 bits per heavy atom. The molecule has 3 aromatic rings. The molecule has 0 radical (unpaired) electrons. The zero-order valence-corrected chi connectivity index (χ0v) is 15.4. The number of rotatable bonds is 3. The Morgan fingerprint density at radius 1 is 1.08 bits per heavy atom. The number of aromatic nitrogens is 2. The number of morpholine rings is 1. The van der Waals surface area contributed by atoms with E-state index in [1.165, 1.54) is 16.3 Å². The van der Waals surface area contributed by atoms with Crippen LogP contribution in [0.5, 0.6) is 5.75 Å². The van der Waals surface area contributed by atoms with Gasteiger partial charge in [-0.15, -0.1) is 0 Å². The van der Waals surface area contributed by atoms with Crippen molar-refractivity contribution in [2.45, 2.75) is 20.0 Å². The fourth-order valence-electron chi connectivity index (χ4n) is 3.46. The number of aryl methyl sites for hydroxylation is 1. The van der Waals surface area contributed by atoms with Gasteiger partial charge >= 0.3 is 0 Å². The number of methoxy groups -OCH3 is 1. The van der Waals surface area contributed by atoms with Crippen molar-refractivity contribution in [3.05, 3.63) is 59.5 Å². The molecule has 4 rings (SSSR count). The van der Waals surface area contributed by atoms with Crippen LogP contribution in [0.25, 0.3) is 10.8 Å². The van der Waals surface area contributed by atoms with E-state index in [0.29, 0.717) is 6.61 Å². The van der Waals surface area contributed by atoms with Crippen LogP contribution in [0.15, 0.2) is 42.7 Å². The second-order valence-corrected chi connectivity index (χ2v) is 6.69. The summed E-state index contributed by atoms with van der Waals surface area (Å²) in [5, 5.41) is 2.36. The van der Waals surface area contributed by atoms with Crippen molar-refractivity contribution in [3.8, 4) is 5.75 Å². The van der Waals surface area contributed by atoms with Crippen LogP contribution in [0.1, 0.15) is 22.9 Å². The third kappa shape index (κ3) is 3.10. The largest absolute Gasteiger partial charge is 0.497 e. The molecule has 26 heavy (non-hydrogen) atoms. The summed E-state index contributed by atoms with van der Waals surface area (Å²) in [5.41, 5.74) is 3.35. The Hall–Kier alpha value is -2.66. The SMILES string of the molecule is COc1ccc2cc([C@H]3CN(c4ncnc(C)c4C)CCO3)ccc2c1. The number of fused-ring (bicyclic) bond motifs is 1. The van der Waals surface area contributed by atoms with Gasteiger partial charge < -0.3 is 14.4 Å². The highest BCUT2D eigenvalue weighted by atomic mass is 16.5. The van der Waals surface area contributed by atoms with Crippen molar-refractivity contribution in [1.29, 1.82) is 0 Å². The van der Waals surface area contributed by atoms with Crippen LogP contribution >= 0.6 is 0 Å². The minimum atomic E-state index is 0.0323. The van der Waals surface area contributed by atoms with Gasteiger partial charge in [-0.2, -0.15) is 0 Å². The average Bonchev–Trinajstić information content (AvgIpc) is 2.69. The van der Waals surface area contributed by atoms with E-state index in [2.05, 4.69) is 52.1 Å². The summed E-state index contributed by atoms with van der Waals surface area (Å²) in [5.74, 6) is 1.89. The second kappa shape index (κ2) is 6.92. The van der Waals surface area contributed by atoms with Crippen LogP contribution in [0.2, 0.25) is 0 Å². The molecule has 0 spiro atoms. The van der Waals surface area contributed by atoms with Crippen LogP contribution in [0.3, 0.4) is 0 Å². The lowest BCUT2D eigenvalue weighted by Crippen LogP contribution is -2.39. The first-order chi connectivity index (χ1) is 12.7. The lowest BCUT2D eigenvalue weighted by Gasteiger charge is -2.34. The Labute approximate surface area is 153 Å². The van der Waals surface area contributed by atoms with Crippen molar-refractivity contribution in [2.75, 3.05) is 31.7 Å². The number of hydrogen-bond acceptors (Lipinski definition) is 5. The Kier molecular flexibility index (Phi) is 4.47. The average molecular weight is 349 g/mol. The number of nitrogens with zero attached hydrogens (tertiary/aromatic N) is 3. The maximum absolute atomic E-state index is 6.07. The lowest BCUT2D eigenvalue weighted by atomic mass is 10.0. The first-order valence-corrected chi connectivity index (χ1v) is 8.88. The molecule has 1 saturated heterocycles. The van der Waals surface area contributed by atoms with Crippen LogP contribution in [-0.2, 0) is 4.74 Å². The van der Waals surface area contributed by atoms with Gasteiger partial charge in [-0.25, -0.2) is 9.97 Å². The molecule has 1 aromatic heterocycles. The third-order valence-corrected chi connectivity index (χ3v) is 5.12. The van der Waals surface area contributed by atoms with Crippen molar-refractivity contribution in [2.24, 2.45) is 0 Å². The first kappa shape index (κ1) is 16.8. The standard InChI is InChI=1S/C21H23N3O2/c1-14-15(2)22-13-23-21(14)24-8-9-26-20(12-24)18-5-4-17-11-19(25-3)7-6-16(17)10-18/h4-7,10-11,13,20H,8-9,12H2,1-3H3/t20-/m1/s1. The molecule has 134 valence electrons. The molecule has 0 unspecified atom stereocenters. The summed E-state index contributed by atoms with van der Waals surface area (Å²) in [6, 6.07) is 12.6. The van der Waals surface area contributed by atoms with E-state index >= 15 is 0 Å². The molecule has 0 aliphatic carbocycles. The number of anilines is 1. The van der Waals surface area contributed by atoms with E-state index in [9.17, 15) is 0 Å². The third-order valence-electron chi connectivity index (χ3n) is 5.12. The van der Waals surface area contributed by atoms with Crippen LogP contribution < -0.4 is 9.64 Å². The van der Waals surface area contributed by atoms with Gasteiger partial charge in [0.05, 0.1) is 13.7 Å². The van der Waals surface area contributed by atoms with E-state index in [4.69, 9.17) is 9.47 Å². The minimum absolute atomic E-state index is 0.0323. The monoisotopic (exact) mass is 349 g/mol. The molecule has 1 atom stereocenters. The zero-order valence-electron chi connectivity index (χ0n) is 15.4. The molecular weight excluding hydrogens is 326 g/mol. The van der Waals surface area contributed by atoms with Gasteiger partial charge in [-0.05, 0) is 48.4 Å².